The number of rotatable bonds is 3. The molecule has 0 saturated carbocycles. The van der Waals surface area contributed by atoms with E-state index in [0.29, 0.717) is 22.2 Å². The van der Waals surface area contributed by atoms with Gasteiger partial charge in [-0.15, -0.1) is 0 Å². The third-order valence-electron chi connectivity index (χ3n) is 3.16. The summed E-state index contributed by atoms with van der Waals surface area (Å²) in [5.41, 5.74) is 2.64. The summed E-state index contributed by atoms with van der Waals surface area (Å²) in [7, 11) is 1.77. The lowest BCUT2D eigenvalue weighted by molar-refractivity contribution is 0.0785. The smallest absolute Gasteiger partial charge is 0.253 e. The summed E-state index contributed by atoms with van der Waals surface area (Å²) < 4.78 is 0.992. The molecule has 0 aliphatic carbocycles. The molecule has 0 bridgehead atoms. The maximum atomic E-state index is 12.4. The highest BCUT2D eigenvalue weighted by atomic mass is 79.9. The van der Waals surface area contributed by atoms with Gasteiger partial charge in [0, 0.05) is 23.6 Å². The Bertz CT molecular complexity index is 688. The molecule has 1 amide bonds. The summed E-state index contributed by atoms with van der Waals surface area (Å²) in [5, 5.41) is 1.01. The zero-order valence-corrected chi connectivity index (χ0v) is 14.8. The fourth-order valence-electron chi connectivity index (χ4n) is 1.98. The summed E-state index contributed by atoms with van der Waals surface area (Å²) >= 11 is 15.3. The molecular weight excluding hydrogens is 373 g/mol. The molecule has 0 saturated heterocycles. The van der Waals surface area contributed by atoms with E-state index in [2.05, 4.69) is 15.9 Å². The van der Waals surface area contributed by atoms with E-state index in [9.17, 15) is 4.79 Å². The van der Waals surface area contributed by atoms with Crippen LogP contribution in [0, 0.1) is 6.92 Å². The normalized spacial score (nSPS) is 10.5. The van der Waals surface area contributed by atoms with E-state index in [-0.39, 0.29) is 5.91 Å². The van der Waals surface area contributed by atoms with E-state index in [1.54, 1.807) is 24.1 Å². The zero-order chi connectivity index (χ0) is 15.6. The summed E-state index contributed by atoms with van der Waals surface area (Å²) in [6.45, 7) is 2.44. The average Bonchev–Trinajstić information content (AvgIpc) is 2.45. The van der Waals surface area contributed by atoms with Crippen LogP contribution in [0.15, 0.2) is 40.9 Å². The highest BCUT2D eigenvalue weighted by Crippen LogP contribution is 2.23. The van der Waals surface area contributed by atoms with Gasteiger partial charge in [-0.1, -0.05) is 45.2 Å². The van der Waals surface area contributed by atoms with Crippen LogP contribution in [0.5, 0.6) is 0 Å². The van der Waals surface area contributed by atoms with Crippen LogP contribution in [-0.4, -0.2) is 17.9 Å². The second-order valence-corrected chi connectivity index (χ2v) is 6.54. The predicted molar refractivity (Wildman–Crippen MR) is 91.1 cm³/mol. The Morgan fingerprint density at radius 1 is 1.14 bits per heavy atom. The molecule has 2 aromatic rings. The molecule has 0 unspecified atom stereocenters. The van der Waals surface area contributed by atoms with Gasteiger partial charge in [-0.2, -0.15) is 0 Å². The van der Waals surface area contributed by atoms with Crippen molar-refractivity contribution in [3.8, 4) is 0 Å². The number of halogens is 3. The van der Waals surface area contributed by atoms with Crippen LogP contribution >= 0.6 is 39.1 Å². The van der Waals surface area contributed by atoms with Gasteiger partial charge in [0.1, 0.15) is 0 Å². The summed E-state index contributed by atoms with van der Waals surface area (Å²) in [5.74, 6) is -0.0309. The summed E-state index contributed by atoms with van der Waals surface area (Å²) in [6.07, 6.45) is 0. The SMILES string of the molecule is Cc1cc(C(=O)N(C)Cc2ccc(Cl)c(Cl)c2)ccc1Br. The minimum absolute atomic E-state index is 0.0309. The second-order valence-electron chi connectivity index (χ2n) is 4.87. The first kappa shape index (κ1) is 16.3. The minimum atomic E-state index is -0.0309. The Morgan fingerprint density at radius 3 is 2.48 bits per heavy atom. The molecule has 0 heterocycles. The van der Waals surface area contributed by atoms with E-state index in [1.165, 1.54) is 0 Å². The van der Waals surface area contributed by atoms with Crippen LogP contribution < -0.4 is 0 Å². The molecule has 0 radical (unpaired) electrons. The van der Waals surface area contributed by atoms with Crippen LogP contribution in [0.25, 0.3) is 0 Å². The van der Waals surface area contributed by atoms with Gasteiger partial charge in [0.05, 0.1) is 10.0 Å². The molecule has 0 spiro atoms. The highest BCUT2D eigenvalue weighted by Gasteiger charge is 2.13. The van der Waals surface area contributed by atoms with Crippen LogP contribution in [0.4, 0.5) is 0 Å². The number of hydrogen-bond donors (Lipinski definition) is 0. The first-order valence-corrected chi connectivity index (χ1v) is 7.89. The Labute approximate surface area is 142 Å². The van der Waals surface area contributed by atoms with Crippen molar-refractivity contribution in [1.29, 1.82) is 0 Å². The summed E-state index contributed by atoms with van der Waals surface area (Å²) in [4.78, 5) is 14.1. The Balaban J connectivity index is 2.15. The van der Waals surface area contributed by atoms with Crippen LogP contribution in [0.3, 0.4) is 0 Å². The number of hydrogen-bond acceptors (Lipinski definition) is 1. The topological polar surface area (TPSA) is 20.3 Å². The molecule has 0 N–H and O–H groups in total. The van der Waals surface area contributed by atoms with Crippen molar-refractivity contribution < 1.29 is 4.79 Å². The molecule has 2 aromatic carbocycles. The molecule has 110 valence electrons. The molecule has 2 nitrogen and oxygen atoms in total. The highest BCUT2D eigenvalue weighted by molar-refractivity contribution is 9.10. The van der Waals surface area contributed by atoms with Crippen molar-refractivity contribution in [3.05, 3.63) is 67.6 Å². The van der Waals surface area contributed by atoms with E-state index >= 15 is 0 Å². The first-order chi connectivity index (χ1) is 9.88. The molecule has 21 heavy (non-hydrogen) atoms. The zero-order valence-electron chi connectivity index (χ0n) is 11.7. The Kier molecular flexibility index (Phi) is 5.31. The standard InChI is InChI=1S/C16H14BrCl2NO/c1-10-7-12(4-5-13(10)17)16(21)20(2)9-11-3-6-14(18)15(19)8-11/h3-8H,9H2,1-2H3. The average molecular weight is 387 g/mol. The van der Waals surface area contributed by atoms with Crippen LogP contribution in [0.1, 0.15) is 21.5 Å². The molecule has 2 rings (SSSR count). The lowest BCUT2D eigenvalue weighted by Gasteiger charge is -2.18. The van der Waals surface area contributed by atoms with Gasteiger partial charge < -0.3 is 4.90 Å². The molecule has 0 atom stereocenters. The third-order valence-corrected chi connectivity index (χ3v) is 4.78. The van der Waals surface area contributed by atoms with Gasteiger partial charge in [0.15, 0.2) is 0 Å². The van der Waals surface area contributed by atoms with E-state index in [4.69, 9.17) is 23.2 Å². The number of carbonyl (C=O) groups is 1. The predicted octanol–water partition coefficient (Wildman–Crippen LogP) is 5.34. The molecular formula is C16H14BrCl2NO. The van der Waals surface area contributed by atoms with Gasteiger partial charge in [-0.05, 0) is 48.4 Å². The first-order valence-electron chi connectivity index (χ1n) is 6.34. The maximum Gasteiger partial charge on any atom is 0.253 e. The lowest BCUT2D eigenvalue weighted by Crippen LogP contribution is -2.26. The van der Waals surface area contributed by atoms with Gasteiger partial charge in [0.2, 0.25) is 0 Å². The maximum absolute atomic E-state index is 12.4. The van der Waals surface area contributed by atoms with Crippen molar-refractivity contribution in [3.63, 3.8) is 0 Å². The van der Waals surface area contributed by atoms with Crippen molar-refractivity contribution in [2.45, 2.75) is 13.5 Å². The third kappa shape index (κ3) is 4.00. The van der Waals surface area contributed by atoms with Crippen LogP contribution in [0.2, 0.25) is 10.0 Å². The van der Waals surface area contributed by atoms with E-state index in [1.807, 2.05) is 31.2 Å². The number of benzene rings is 2. The van der Waals surface area contributed by atoms with Gasteiger partial charge in [-0.3, -0.25) is 4.79 Å². The lowest BCUT2D eigenvalue weighted by atomic mass is 10.1. The molecule has 0 aliphatic rings. The van der Waals surface area contributed by atoms with E-state index < -0.39 is 0 Å². The Morgan fingerprint density at radius 2 is 1.86 bits per heavy atom. The van der Waals surface area contributed by atoms with Crippen molar-refractivity contribution in [2.24, 2.45) is 0 Å². The monoisotopic (exact) mass is 385 g/mol. The van der Waals surface area contributed by atoms with Gasteiger partial charge in [0.25, 0.3) is 5.91 Å². The number of nitrogens with zero attached hydrogens (tertiary/aromatic N) is 1. The molecule has 0 fully saturated rings. The Hall–Kier alpha value is -1.03. The molecule has 5 heteroatoms. The van der Waals surface area contributed by atoms with Crippen molar-refractivity contribution >= 4 is 45.0 Å². The molecule has 0 aromatic heterocycles. The van der Waals surface area contributed by atoms with Gasteiger partial charge in [-0.25, -0.2) is 0 Å². The fraction of sp³-hybridized carbons (Fsp3) is 0.188. The molecule has 0 aliphatic heterocycles. The summed E-state index contributed by atoms with van der Waals surface area (Å²) in [6, 6.07) is 10.9. The largest absolute Gasteiger partial charge is 0.337 e. The number of aryl methyl sites for hydroxylation is 1. The minimum Gasteiger partial charge on any atom is -0.337 e. The second kappa shape index (κ2) is 6.82. The fourth-order valence-corrected chi connectivity index (χ4v) is 2.55. The van der Waals surface area contributed by atoms with Crippen LogP contribution in [-0.2, 0) is 6.54 Å². The van der Waals surface area contributed by atoms with E-state index in [0.717, 1.165) is 15.6 Å². The number of carbonyl (C=O) groups excluding carboxylic acids is 1. The van der Waals surface area contributed by atoms with Crippen molar-refractivity contribution in [2.75, 3.05) is 7.05 Å². The quantitative estimate of drug-likeness (QED) is 0.697. The van der Waals surface area contributed by atoms with Gasteiger partial charge >= 0.3 is 0 Å². The van der Waals surface area contributed by atoms with Crippen molar-refractivity contribution in [1.82, 2.24) is 4.90 Å². The number of amides is 1.